The number of nitro benzene ring substituents is 1. The lowest BCUT2D eigenvalue weighted by Crippen LogP contribution is -2.18. The summed E-state index contributed by atoms with van der Waals surface area (Å²) in [6.07, 6.45) is 6.56. The zero-order valence-corrected chi connectivity index (χ0v) is 10.2. The number of hydrogen-bond acceptors (Lipinski definition) is 3. The van der Waals surface area contributed by atoms with Crippen molar-refractivity contribution >= 4 is 23.0 Å². The van der Waals surface area contributed by atoms with Crippen LogP contribution in [0, 0.1) is 22.5 Å². The summed E-state index contributed by atoms with van der Waals surface area (Å²) in [6.45, 7) is 1.97. The van der Waals surface area contributed by atoms with Gasteiger partial charge in [0.2, 0.25) is 0 Å². The van der Waals surface area contributed by atoms with Gasteiger partial charge in [0.15, 0.2) is 0 Å². The van der Waals surface area contributed by atoms with E-state index in [1.54, 1.807) is 12.1 Å². The van der Waals surface area contributed by atoms with Crippen molar-refractivity contribution in [2.24, 2.45) is 0 Å². The number of rotatable bonds is 5. The van der Waals surface area contributed by atoms with E-state index < -0.39 is 4.92 Å². The van der Waals surface area contributed by atoms with Gasteiger partial charge in [-0.15, -0.1) is 12.3 Å². The largest absolute Gasteiger partial charge is 0.376 e. The molecule has 0 spiro atoms. The van der Waals surface area contributed by atoms with Gasteiger partial charge in [-0.25, -0.2) is 0 Å². The van der Waals surface area contributed by atoms with Gasteiger partial charge < -0.3 is 5.32 Å². The van der Waals surface area contributed by atoms with Gasteiger partial charge in [0.05, 0.1) is 4.92 Å². The molecule has 0 aromatic heterocycles. The molecule has 17 heavy (non-hydrogen) atoms. The maximum atomic E-state index is 10.9. The third kappa shape index (κ3) is 3.65. The van der Waals surface area contributed by atoms with Crippen molar-refractivity contribution in [3.05, 3.63) is 33.3 Å². The minimum Gasteiger partial charge on any atom is -0.376 e. The minimum absolute atomic E-state index is 0.0277. The molecule has 1 rings (SSSR count). The lowest BCUT2D eigenvalue weighted by molar-refractivity contribution is -0.384. The molecule has 1 atom stereocenters. The third-order valence-electron chi connectivity index (χ3n) is 2.37. The number of hydrogen-bond donors (Lipinski definition) is 1. The summed E-state index contributed by atoms with van der Waals surface area (Å²) >= 11 is 5.73. The Bertz CT molecular complexity index is 454. The van der Waals surface area contributed by atoms with Crippen LogP contribution in [0.5, 0.6) is 0 Å². The SMILES string of the molecule is C#CCC(CC)Nc1ccc(Cl)cc1[N+](=O)[O-]. The van der Waals surface area contributed by atoms with Crippen LogP contribution in [0.2, 0.25) is 5.02 Å². The highest BCUT2D eigenvalue weighted by Crippen LogP contribution is 2.28. The molecule has 0 saturated heterocycles. The van der Waals surface area contributed by atoms with E-state index >= 15 is 0 Å². The van der Waals surface area contributed by atoms with E-state index in [2.05, 4.69) is 11.2 Å². The van der Waals surface area contributed by atoms with Gasteiger partial charge >= 0.3 is 0 Å². The van der Waals surface area contributed by atoms with Crippen LogP contribution in [0.1, 0.15) is 19.8 Å². The lowest BCUT2D eigenvalue weighted by atomic mass is 10.1. The Morgan fingerprint density at radius 2 is 2.35 bits per heavy atom. The first kappa shape index (κ1) is 13.3. The van der Waals surface area contributed by atoms with Gasteiger partial charge in [-0.2, -0.15) is 0 Å². The highest BCUT2D eigenvalue weighted by atomic mass is 35.5. The van der Waals surface area contributed by atoms with Crippen LogP contribution < -0.4 is 5.32 Å². The Morgan fingerprint density at radius 1 is 1.65 bits per heavy atom. The predicted octanol–water partition coefficient (Wildman–Crippen LogP) is 3.46. The topological polar surface area (TPSA) is 55.2 Å². The average molecular weight is 253 g/mol. The molecular formula is C12H13ClN2O2. The first-order valence-electron chi connectivity index (χ1n) is 5.22. The van der Waals surface area contributed by atoms with Gasteiger partial charge in [-0.3, -0.25) is 10.1 Å². The highest BCUT2D eigenvalue weighted by molar-refractivity contribution is 6.30. The van der Waals surface area contributed by atoms with Crippen LogP contribution in [0.25, 0.3) is 0 Å². The summed E-state index contributed by atoms with van der Waals surface area (Å²) in [5, 5.41) is 14.3. The highest BCUT2D eigenvalue weighted by Gasteiger charge is 2.16. The van der Waals surface area contributed by atoms with E-state index in [9.17, 15) is 10.1 Å². The minimum atomic E-state index is -0.462. The number of halogens is 1. The van der Waals surface area contributed by atoms with Gasteiger partial charge in [0.1, 0.15) is 5.69 Å². The Balaban J connectivity index is 2.97. The molecule has 1 N–H and O–H groups in total. The second-order valence-electron chi connectivity index (χ2n) is 3.58. The molecule has 0 fully saturated rings. The fraction of sp³-hybridized carbons (Fsp3) is 0.333. The van der Waals surface area contributed by atoms with Crippen molar-refractivity contribution in [1.29, 1.82) is 0 Å². The van der Waals surface area contributed by atoms with Gasteiger partial charge in [-0.05, 0) is 18.6 Å². The summed E-state index contributed by atoms with van der Waals surface area (Å²) in [6, 6.07) is 4.56. The number of benzene rings is 1. The Hall–Kier alpha value is -1.73. The monoisotopic (exact) mass is 252 g/mol. The second-order valence-corrected chi connectivity index (χ2v) is 4.01. The summed E-state index contributed by atoms with van der Waals surface area (Å²) in [5.74, 6) is 2.54. The predicted molar refractivity (Wildman–Crippen MR) is 69.3 cm³/mol. The molecule has 90 valence electrons. The fourth-order valence-electron chi connectivity index (χ4n) is 1.44. The molecule has 0 radical (unpaired) electrons. The van der Waals surface area contributed by atoms with Crippen LogP contribution >= 0.6 is 11.6 Å². The first-order chi connectivity index (χ1) is 8.08. The Labute approximate surface area is 105 Å². The van der Waals surface area contributed by atoms with E-state index in [0.29, 0.717) is 17.1 Å². The van der Waals surface area contributed by atoms with Crippen LogP contribution in [-0.2, 0) is 0 Å². The number of anilines is 1. The lowest BCUT2D eigenvalue weighted by Gasteiger charge is -2.15. The molecule has 0 aliphatic rings. The van der Waals surface area contributed by atoms with Crippen molar-refractivity contribution in [3.63, 3.8) is 0 Å². The Kier molecular flexibility index (Phi) is 4.80. The molecule has 0 bridgehead atoms. The second kappa shape index (κ2) is 6.12. The standard InChI is InChI=1S/C12H13ClN2O2/c1-3-5-10(4-2)14-11-7-6-9(13)8-12(11)15(16)17/h1,6-8,10,14H,4-5H2,2H3. The average Bonchev–Trinajstić information content (AvgIpc) is 2.30. The zero-order chi connectivity index (χ0) is 12.8. The van der Waals surface area contributed by atoms with Crippen molar-refractivity contribution < 1.29 is 4.92 Å². The molecule has 0 heterocycles. The molecule has 0 aliphatic heterocycles. The quantitative estimate of drug-likeness (QED) is 0.496. The normalized spacial score (nSPS) is 11.6. The maximum absolute atomic E-state index is 10.9. The zero-order valence-electron chi connectivity index (χ0n) is 9.44. The van der Waals surface area contributed by atoms with Gasteiger partial charge in [0, 0.05) is 23.6 Å². The Morgan fingerprint density at radius 3 is 2.88 bits per heavy atom. The van der Waals surface area contributed by atoms with E-state index in [4.69, 9.17) is 18.0 Å². The number of terminal acetylenes is 1. The fourth-order valence-corrected chi connectivity index (χ4v) is 1.60. The molecule has 5 heteroatoms. The molecule has 0 saturated carbocycles. The van der Waals surface area contributed by atoms with Crippen LogP contribution in [0.4, 0.5) is 11.4 Å². The van der Waals surface area contributed by atoms with Gasteiger partial charge in [-0.1, -0.05) is 18.5 Å². The number of nitro groups is 1. The molecule has 0 aliphatic carbocycles. The maximum Gasteiger partial charge on any atom is 0.293 e. The molecule has 1 aromatic rings. The summed E-state index contributed by atoms with van der Waals surface area (Å²) in [5.41, 5.74) is 0.412. The van der Waals surface area contributed by atoms with E-state index in [1.165, 1.54) is 6.07 Å². The van der Waals surface area contributed by atoms with Crippen LogP contribution in [-0.4, -0.2) is 11.0 Å². The van der Waals surface area contributed by atoms with Gasteiger partial charge in [0.25, 0.3) is 5.69 Å². The molecule has 0 amide bonds. The molecular weight excluding hydrogens is 240 g/mol. The number of nitrogens with one attached hydrogen (secondary N) is 1. The summed E-state index contributed by atoms with van der Waals surface area (Å²) in [4.78, 5) is 10.4. The molecule has 4 nitrogen and oxygen atoms in total. The smallest absolute Gasteiger partial charge is 0.293 e. The van der Waals surface area contributed by atoms with Crippen molar-refractivity contribution in [2.75, 3.05) is 5.32 Å². The van der Waals surface area contributed by atoms with E-state index in [1.807, 2.05) is 6.92 Å². The van der Waals surface area contributed by atoms with Crippen molar-refractivity contribution in [2.45, 2.75) is 25.8 Å². The molecule has 1 aromatic carbocycles. The van der Waals surface area contributed by atoms with Crippen molar-refractivity contribution in [3.8, 4) is 12.3 Å². The van der Waals surface area contributed by atoms with Crippen LogP contribution in [0.15, 0.2) is 18.2 Å². The summed E-state index contributed by atoms with van der Waals surface area (Å²) < 4.78 is 0. The van der Waals surface area contributed by atoms with Crippen LogP contribution in [0.3, 0.4) is 0 Å². The van der Waals surface area contributed by atoms with E-state index in [-0.39, 0.29) is 11.7 Å². The van der Waals surface area contributed by atoms with E-state index in [0.717, 1.165) is 6.42 Å². The third-order valence-corrected chi connectivity index (χ3v) is 2.61. The summed E-state index contributed by atoms with van der Waals surface area (Å²) in [7, 11) is 0. The first-order valence-corrected chi connectivity index (χ1v) is 5.60. The van der Waals surface area contributed by atoms with Crippen molar-refractivity contribution in [1.82, 2.24) is 0 Å². The molecule has 1 unspecified atom stereocenters. The number of nitrogens with zero attached hydrogens (tertiary/aromatic N) is 1.